The van der Waals surface area contributed by atoms with Crippen LogP contribution in [0.3, 0.4) is 0 Å². The second-order valence-corrected chi connectivity index (χ2v) is 3.29. The van der Waals surface area contributed by atoms with E-state index < -0.39 is 12.0 Å². The summed E-state index contributed by atoms with van der Waals surface area (Å²) in [5.74, 6) is -0.873. The Balaban J connectivity index is 2.79. The molecule has 15 heavy (non-hydrogen) atoms. The minimum absolute atomic E-state index is 0.468. The van der Waals surface area contributed by atoms with E-state index in [9.17, 15) is 4.79 Å². The van der Waals surface area contributed by atoms with Crippen molar-refractivity contribution in [3.8, 4) is 0 Å². The number of hydrogen-bond acceptors (Lipinski definition) is 3. The lowest BCUT2D eigenvalue weighted by molar-refractivity contribution is -0.137. The van der Waals surface area contributed by atoms with Crippen LogP contribution in [0.1, 0.15) is 12.5 Å². The van der Waals surface area contributed by atoms with Gasteiger partial charge in [-0.3, -0.25) is 4.79 Å². The van der Waals surface area contributed by atoms with Crippen LogP contribution in [0.25, 0.3) is 0 Å². The zero-order valence-corrected chi connectivity index (χ0v) is 8.86. The molecule has 0 aliphatic heterocycles. The number of ether oxygens (including phenoxy) is 1. The zero-order valence-electron chi connectivity index (χ0n) is 8.86. The second-order valence-electron chi connectivity index (χ2n) is 3.29. The van der Waals surface area contributed by atoms with Gasteiger partial charge in [0.1, 0.15) is 6.04 Å². The lowest BCUT2D eigenvalue weighted by atomic mass is 10.1. The van der Waals surface area contributed by atoms with Gasteiger partial charge < -0.3 is 15.2 Å². The van der Waals surface area contributed by atoms with Gasteiger partial charge in [0.05, 0.1) is 6.61 Å². The van der Waals surface area contributed by atoms with Gasteiger partial charge in [-0.25, -0.2) is 0 Å². The van der Waals surface area contributed by atoms with Crippen LogP contribution in [0.4, 0.5) is 5.69 Å². The molecule has 0 fully saturated rings. The van der Waals surface area contributed by atoms with Gasteiger partial charge in [0.15, 0.2) is 0 Å². The van der Waals surface area contributed by atoms with Crippen molar-refractivity contribution in [2.45, 2.75) is 19.6 Å². The number of carboxylic acids is 1. The third-order valence-corrected chi connectivity index (χ3v) is 2.06. The van der Waals surface area contributed by atoms with E-state index in [1.165, 1.54) is 0 Å². The summed E-state index contributed by atoms with van der Waals surface area (Å²) in [6, 6.07) is 6.89. The van der Waals surface area contributed by atoms with Crippen LogP contribution in [0, 0.1) is 0 Å². The molecule has 0 aromatic heterocycles. The van der Waals surface area contributed by atoms with Gasteiger partial charge in [-0.1, -0.05) is 18.2 Å². The molecule has 4 nitrogen and oxygen atoms in total. The molecule has 0 amide bonds. The molecular formula is C11H15NO3. The molecule has 4 heteroatoms. The van der Waals surface area contributed by atoms with E-state index in [2.05, 4.69) is 5.32 Å². The van der Waals surface area contributed by atoms with E-state index in [-0.39, 0.29) is 0 Å². The van der Waals surface area contributed by atoms with Crippen LogP contribution < -0.4 is 5.32 Å². The maximum atomic E-state index is 10.7. The minimum Gasteiger partial charge on any atom is -0.480 e. The lowest BCUT2D eigenvalue weighted by Crippen LogP contribution is -2.25. The highest BCUT2D eigenvalue weighted by molar-refractivity contribution is 5.77. The fourth-order valence-corrected chi connectivity index (χ4v) is 1.24. The number of aliphatic carboxylic acids is 1. The summed E-state index contributed by atoms with van der Waals surface area (Å²) in [6.45, 7) is 2.07. The highest BCUT2D eigenvalue weighted by Crippen LogP contribution is 2.16. The molecule has 0 aliphatic rings. The fraction of sp³-hybridized carbons (Fsp3) is 0.364. The number of hydrogen-bond donors (Lipinski definition) is 2. The Bertz CT molecular complexity index is 338. The first kappa shape index (κ1) is 11.5. The van der Waals surface area contributed by atoms with E-state index in [1.54, 1.807) is 14.0 Å². The molecular weight excluding hydrogens is 194 g/mol. The zero-order chi connectivity index (χ0) is 11.3. The smallest absolute Gasteiger partial charge is 0.325 e. The van der Waals surface area contributed by atoms with E-state index in [0.29, 0.717) is 6.61 Å². The van der Waals surface area contributed by atoms with Crippen molar-refractivity contribution >= 4 is 11.7 Å². The molecule has 1 aromatic carbocycles. The van der Waals surface area contributed by atoms with Crippen molar-refractivity contribution in [1.29, 1.82) is 0 Å². The third-order valence-electron chi connectivity index (χ3n) is 2.06. The van der Waals surface area contributed by atoms with Crippen LogP contribution >= 0.6 is 0 Å². The van der Waals surface area contributed by atoms with Crippen molar-refractivity contribution in [2.75, 3.05) is 12.4 Å². The van der Waals surface area contributed by atoms with E-state index in [4.69, 9.17) is 9.84 Å². The number of methoxy groups -OCH3 is 1. The van der Waals surface area contributed by atoms with Crippen LogP contribution in [-0.4, -0.2) is 24.2 Å². The first-order chi connectivity index (χ1) is 7.15. The van der Waals surface area contributed by atoms with Crippen molar-refractivity contribution < 1.29 is 14.6 Å². The van der Waals surface area contributed by atoms with Gasteiger partial charge in [-0.2, -0.15) is 0 Å². The van der Waals surface area contributed by atoms with Crippen LogP contribution in [0.2, 0.25) is 0 Å². The normalized spacial score (nSPS) is 12.1. The Morgan fingerprint density at radius 1 is 1.53 bits per heavy atom. The minimum atomic E-state index is -0.873. The highest BCUT2D eigenvalue weighted by atomic mass is 16.5. The Morgan fingerprint density at radius 3 is 2.80 bits per heavy atom. The van der Waals surface area contributed by atoms with Crippen molar-refractivity contribution in [2.24, 2.45) is 0 Å². The molecule has 0 heterocycles. The summed E-state index contributed by atoms with van der Waals surface area (Å²) in [6.07, 6.45) is 0. The number of carbonyl (C=O) groups is 1. The SMILES string of the molecule is COCc1ccccc1NC(C)C(=O)O. The van der Waals surface area contributed by atoms with Crippen LogP contribution in [0.5, 0.6) is 0 Å². The quantitative estimate of drug-likeness (QED) is 0.775. The summed E-state index contributed by atoms with van der Waals surface area (Å²) < 4.78 is 5.02. The molecule has 0 saturated carbocycles. The first-order valence-electron chi connectivity index (χ1n) is 4.71. The number of rotatable bonds is 5. The van der Waals surface area contributed by atoms with Gasteiger partial charge in [-0.05, 0) is 13.0 Å². The Morgan fingerprint density at radius 2 is 2.20 bits per heavy atom. The van der Waals surface area contributed by atoms with E-state index in [1.807, 2.05) is 24.3 Å². The molecule has 1 rings (SSSR count). The van der Waals surface area contributed by atoms with E-state index in [0.717, 1.165) is 11.3 Å². The maximum absolute atomic E-state index is 10.7. The molecule has 1 aromatic rings. The molecule has 0 aliphatic carbocycles. The topological polar surface area (TPSA) is 58.6 Å². The summed E-state index contributed by atoms with van der Waals surface area (Å²) in [5, 5.41) is 11.7. The molecule has 1 atom stereocenters. The molecule has 1 unspecified atom stereocenters. The number of carboxylic acid groups (broad SMARTS) is 1. The average Bonchev–Trinajstić information content (AvgIpc) is 2.21. The predicted octanol–water partition coefficient (Wildman–Crippen LogP) is 1.72. The maximum Gasteiger partial charge on any atom is 0.325 e. The molecule has 2 N–H and O–H groups in total. The summed E-state index contributed by atoms with van der Waals surface area (Å²) in [5.41, 5.74) is 1.75. The van der Waals surface area contributed by atoms with Gasteiger partial charge in [0.25, 0.3) is 0 Å². The van der Waals surface area contributed by atoms with Gasteiger partial charge in [-0.15, -0.1) is 0 Å². The average molecular weight is 209 g/mol. The summed E-state index contributed by atoms with van der Waals surface area (Å²) >= 11 is 0. The number of para-hydroxylation sites is 1. The predicted molar refractivity (Wildman–Crippen MR) is 57.9 cm³/mol. The van der Waals surface area contributed by atoms with Crippen molar-refractivity contribution in [1.82, 2.24) is 0 Å². The van der Waals surface area contributed by atoms with Crippen molar-refractivity contribution in [3.05, 3.63) is 29.8 Å². The molecule has 0 saturated heterocycles. The van der Waals surface area contributed by atoms with Crippen molar-refractivity contribution in [3.63, 3.8) is 0 Å². The number of nitrogens with one attached hydrogen (secondary N) is 1. The Labute approximate surface area is 88.9 Å². The number of benzene rings is 1. The largest absolute Gasteiger partial charge is 0.480 e. The standard InChI is InChI=1S/C11H15NO3/c1-8(11(13)14)12-10-6-4-3-5-9(10)7-15-2/h3-6,8,12H,7H2,1-2H3,(H,13,14). The molecule has 82 valence electrons. The number of anilines is 1. The lowest BCUT2D eigenvalue weighted by Gasteiger charge is -2.14. The molecule has 0 radical (unpaired) electrons. The highest BCUT2D eigenvalue weighted by Gasteiger charge is 2.11. The summed E-state index contributed by atoms with van der Waals surface area (Å²) in [4.78, 5) is 10.7. The first-order valence-corrected chi connectivity index (χ1v) is 4.71. The Kier molecular flexibility index (Phi) is 4.12. The monoisotopic (exact) mass is 209 g/mol. The van der Waals surface area contributed by atoms with Gasteiger partial charge in [0.2, 0.25) is 0 Å². The summed E-state index contributed by atoms with van der Waals surface area (Å²) in [7, 11) is 1.61. The molecule has 0 spiro atoms. The van der Waals surface area contributed by atoms with E-state index >= 15 is 0 Å². The van der Waals surface area contributed by atoms with Crippen LogP contribution in [0.15, 0.2) is 24.3 Å². The molecule has 0 bridgehead atoms. The third kappa shape index (κ3) is 3.25. The second kappa shape index (κ2) is 5.36. The Hall–Kier alpha value is -1.55. The van der Waals surface area contributed by atoms with Gasteiger partial charge in [0, 0.05) is 18.4 Å². The van der Waals surface area contributed by atoms with Gasteiger partial charge >= 0.3 is 5.97 Å². The van der Waals surface area contributed by atoms with Crippen LogP contribution in [-0.2, 0) is 16.1 Å². The fourth-order valence-electron chi connectivity index (χ4n) is 1.24.